The van der Waals surface area contributed by atoms with E-state index in [1.165, 1.54) is 0 Å². The lowest BCUT2D eigenvalue weighted by Gasteiger charge is -2.26. The van der Waals surface area contributed by atoms with Crippen LogP contribution in [0.4, 0.5) is 0 Å². The highest BCUT2D eigenvalue weighted by Gasteiger charge is 2.23. The second kappa shape index (κ2) is 9.87. The molecule has 0 atom stereocenters. The Morgan fingerprint density at radius 2 is 0.758 bits per heavy atom. The number of halogens is 4. The molecule has 0 aromatic heterocycles. The van der Waals surface area contributed by atoms with Crippen LogP contribution in [0.2, 0.25) is 20.1 Å². The lowest BCUT2D eigenvalue weighted by atomic mass is 9.78. The summed E-state index contributed by atoms with van der Waals surface area (Å²) in [4.78, 5) is 0. The standard InChI is InChI=1S/C27H20Cl4O2/c1-27(2,17-3-7-23(8-4-17)32-25-13-19(28)11-20(29)14-25)18-5-9-24(10-6-18)33-26-15-21(30)12-22(31)16-26/h3-16H,1-2H3. The number of benzene rings is 4. The van der Waals surface area contributed by atoms with Crippen molar-refractivity contribution in [3.05, 3.63) is 116 Å². The van der Waals surface area contributed by atoms with Crippen molar-refractivity contribution in [2.75, 3.05) is 0 Å². The molecule has 2 nitrogen and oxygen atoms in total. The van der Waals surface area contributed by atoms with Crippen LogP contribution in [-0.4, -0.2) is 0 Å². The Labute approximate surface area is 213 Å². The summed E-state index contributed by atoms with van der Waals surface area (Å²) in [6.07, 6.45) is 0. The van der Waals surface area contributed by atoms with E-state index in [1.54, 1.807) is 36.4 Å². The molecule has 0 radical (unpaired) electrons. The van der Waals surface area contributed by atoms with Crippen LogP contribution >= 0.6 is 46.4 Å². The van der Waals surface area contributed by atoms with E-state index in [0.29, 0.717) is 43.1 Å². The van der Waals surface area contributed by atoms with E-state index in [9.17, 15) is 0 Å². The predicted molar refractivity (Wildman–Crippen MR) is 138 cm³/mol. The van der Waals surface area contributed by atoms with Gasteiger partial charge in [-0.3, -0.25) is 0 Å². The van der Waals surface area contributed by atoms with E-state index in [0.717, 1.165) is 11.1 Å². The van der Waals surface area contributed by atoms with Crippen LogP contribution in [0.25, 0.3) is 0 Å². The molecule has 0 amide bonds. The molecular weight excluding hydrogens is 498 g/mol. The summed E-state index contributed by atoms with van der Waals surface area (Å²) < 4.78 is 11.8. The van der Waals surface area contributed by atoms with Crippen molar-refractivity contribution in [3.63, 3.8) is 0 Å². The summed E-state index contributed by atoms with van der Waals surface area (Å²) in [5.41, 5.74) is 2.07. The molecule has 4 rings (SSSR count). The van der Waals surface area contributed by atoms with Gasteiger partial charge in [-0.25, -0.2) is 0 Å². The summed E-state index contributed by atoms with van der Waals surface area (Å²) in [5.74, 6) is 2.60. The Morgan fingerprint density at radius 1 is 0.455 bits per heavy atom. The molecule has 0 saturated carbocycles. The third-order valence-electron chi connectivity index (χ3n) is 5.30. The van der Waals surface area contributed by atoms with Gasteiger partial charge < -0.3 is 9.47 Å². The molecule has 4 aromatic carbocycles. The van der Waals surface area contributed by atoms with Crippen molar-refractivity contribution < 1.29 is 9.47 Å². The molecule has 0 bridgehead atoms. The zero-order valence-corrected chi connectivity index (χ0v) is 20.9. The summed E-state index contributed by atoms with van der Waals surface area (Å²) in [7, 11) is 0. The second-order valence-electron chi connectivity index (χ2n) is 8.09. The van der Waals surface area contributed by atoms with Crippen LogP contribution in [0, 0.1) is 0 Å². The third-order valence-corrected chi connectivity index (χ3v) is 6.17. The molecule has 0 aliphatic carbocycles. The molecule has 0 aliphatic rings. The SMILES string of the molecule is CC(C)(c1ccc(Oc2cc(Cl)cc(Cl)c2)cc1)c1ccc(Oc2cc(Cl)cc(Cl)c2)cc1. The molecule has 0 spiro atoms. The fourth-order valence-corrected chi connectivity index (χ4v) is 4.51. The number of hydrogen-bond acceptors (Lipinski definition) is 2. The van der Waals surface area contributed by atoms with E-state index in [1.807, 2.05) is 24.3 Å². The van der Waals surface area contributed by atoms with Crippen molar-refractivity contribution in [3.8, 4) is 23.0 Å². The number of hydrogen-bond donors (Lipinski definition) is 0. The van der Waals surface area contributed by atoms with Gasteiger partial charge in [0.05, 0.1) is 0 Å². The van der Waals surface area contributed by atoms with Gasteiger partial charge in [-0.15, -0.1) is 0 Å². The molecule has 0 saturated heterocycles. The van der Waals surface area contributed by atoms with Crippen LogP contribution in [0.5, 0.6) is 23.0 Å². The second-order valence-corrected chi connectivity index (χ2v) is 9.83. The summed E-state index contributed by atoms with van der Waals surface area (Å²) in [5, 5.41) is 2.12. The van der Waals surface area contributed by atoms with Crippen LogP contribution in [0.15, 0.2) is 84.9 Å². The minimum Gasteiger partial charge on any atom is -0.457 e. The average molecular weight is 518 g/mol. The largest absolute Gasteiger partial charge is 0.457 e. The van der Waals surface area contributed by atoms with E-state index in [2.05, 4.69) is 38.1 Å². The van der Waals surface area contributed by atoms with Gasteiger partial charge in [0.15, 0.2) is 0 Å². The first-order valence-electron chi connectivity index (χ1n) is 10.2. The zero-order valence-electron chi connectivity index (χ0n) is 17.9. The quantitative estimate of drug-likeness (QED) is 0.253. The van der Waals surface area contributed by atoms with Gasteiger partial charge in [-0.2, -0.15) is 0 Å². The normalized spacial score (nSPS) is 11.3. The lowest BCUT2D eigenvalue weighted by molar-refractivity contribution is 0.481. The Hall–Kier alpha value is -2.36. The maximum absolute atomic E-state index is 6.05. The molecule has 0 fully saturated rings. The first-order valence-corrected chi connectivity index (χ1v) is 11.7. The molecule has 4 aromatic rings. The highest BCUT2D eigenvalue weighted by molar-refractivity contribution is 6.35. The molecule has 0 N–H and O–H groups in total. The first kappa shape index (κ1) is 23.8. The van der Waals surface area contributed by atoms with Crippen LogP contribution in [0.1, 0.15) is 25.0 Å². The summed E-state index contributed by atoms with van der Waals surface area (Å²) in [6, 6.07) is 26.2. The van der Waals surface area contributed by atoms with Crippen LogP contribution < -0.4 is 9.47 Å². The number of ether oxygens (including phenoxy) is 2. The fraction of sp³-hybridized carbons (Fsp3) is 0.111. The summed E-state index contributed by atoms with van der Waals surface area (Å²) >= 11 is 24.2. The molecule has 6 heteroatoms. The average Bonchev–Trinajstić information content (AvgIpc) is 2.73. The van der Waals surface area contributed by atoms with E-state index in [4.69, 9.17) is 55.9 Å². The topological polar surface area (TPSA) is 18.5 Å². The van der Waals surface area contributed by atoms with Gasteiger partial charge in [0.2, 0.25) is 0 Å². The maximum Gasteiger partial charge on any atom is 0.130 e. The Kier molecular flexibility index (Phi) is 7.11. The Morgan fingerprint density at radius 3 is 1.06 bits per heavy atom. The molecule has 0 unspecified atom stereocenters. The molecule has 0 aliphatic heterocycles. The van der Waals surface area contributed by atoms with Crippen molar-refractivity contribution in [2.45, 2.75) is 19.3 Å². The minimum atomic E-state index is -0.226. The van der Waals surface area contributed by atoms with E-state index >= 15 is 0 Å². The van der Waals surface area contributed by atoms with Crippen molar-refractivity contribution in [2.24, 2.45) is 0 Å². The van der Waals surface area contributed by atoms with Crippen LogP contribution in [0.3, 0.4) is 0 Å². The Balaban J connectivity index is 1.49. The number of rotatable bonds is 6. The smallest absolute Gasteiger partial charge is 0.130 e. The van der Waals surface area contributed by atoms with Gasteiger partial charge >= 0.3 is 0 Å². The maximum atomic E-state index is 6.05. The summed E-state index contributed by atoms with van der Waals surface area (Å²) in [6.45, 7) is 4.35. The van der Waals surface area contributed by atoms with Crippen molar-refractivity contribution >= 4 is 46.4 Å². The monoisotopic (exact) mass is 516 g/mol. The zero-order chi connectivity index (χ0) is 23.6. The van der Waals surface area contributed by atoms with Gasteiger partial charge in [-0.05, 0) is 71.8 Å². The van der Waals surface area contributed by atoms with Gasteiger partial charge in [-0.1, -0.05) is 84.5 Å². The highest BCUT2D eigenvalue weighted by Crippen LogP contribution is 2.36. The van der Waals surface area contributed by atoms with Crippen molar-refractivity contribution in [1.29, 1.82) is 0 Å². The van der Waals surface area contributed by atoms with Gasteiger partial charge in [0.25, 0.3) is 0 Å². The van der Waals surface area contributed by atoms with E-state index < -0.39 is 0 Å². The van der Waals surface area contributed by atoms with Crippen LogP contribution in [-0.2, 0) is 5.41 Å². The highest BCUT2D eigenvalue weighted by atomic mass is 35.5. The molecule has 168 valence electrons. The minimum absolute atomic E-state index is 0.226. The first-order chi connectivity index (χ1) is 15.7. The van der Waals surface area contributed by atoms with Gasteiger partial charge in [0.1, 0.15) is 23.0 Å². The third kappa shape index (κ3) is 5.96. The Bertz CT molecular complexity index is 1130. The fourth-order valence-electron chi connectivity index (χ4n) is 3.49. The van der Waals surface area contributed by atoms with E-state index in [-0.39, 0.29) is 5.41 Å². The van der Waals surface area contributed by atoms with Gasteiger partial charge in [0, 0.05) is 25.5 Å². The molecule has 0 heterocycles. The van der Waals surface area contributed by atoms with Crippen molar-refractivity contribution in [1.82, 2.24) is 0 Å². The molecule has 33 heavy (non-hydrogen) atoms. The lowest BCUT2D eigenvalue weighted by Crippen LogP contribution is -2.18. The molecular formula is C27H20Cl4O2. The predicted octanol–water partition coefficient (Wildman–Crippen LogP) is 10.2.